The molecule has 0 atom stereocenters. The molecule has 138 valence electrons. The van der Waals surface area contributed by atoms with E-state index in [2.05, 4.69) is 4.98 Å². The molecule has 1 heterocycles. The number of nitro groups is 1. The van der Waals surface area contributed by atoms with Crippen molar-refractivity contribution >= 4 is 27.2 Å². The fourth-order valence-electron chi connectivity index (χ4n) is 2.43. The van der Waals surface area contributed by atoms with Gasteiger partial charge in [0.2, 0.25) is 0 Å². The first-order valence-corrected chi connectivity index (χ1v) is 9.22. The van der Waals surface area contributed by atoms with Crippen LogP contribution in [0.4, 0.5) is 17.2 Å². The van der Waals surface area contributed by atoms with E-state index in [9.17, 15) is 18.5 Å². The molecule has 0 aliphatic rings. The lowest BCUT2D eigenvalue weighted by Gasteiger charge is -2.23. The summed E-state index contributed by atoms with van der Waals surface area (Å²) in [5, 5.41) is 10.8. The van der Waals surface area contributed by atoms with Gasteiger partial charge in [0.15, 0.2) is 0 Å². The Morgan fingerprint density at radius 2 is 1.67 bits per heavy atom. The third-order valence-corrected chi connectivity index (χ3v) is 5.50. The Bertz CT molecular complexity index is 1040. The number of non-ortho nitro benzene ring substituents is 1. The number of benzene rings is 2. The maximum Gasteiger partial charge on any atom is 0.269 e. The molecule has 0 unspecified atom stereocenters. The van der Waals surface area contributed by atoms with Gasteiger partial charge in [0.1, 0.15) is 11.6 Å². The highest BCUT2D eigenvalue weighted by Gasteiger charge is 2.28. The van der Waals surface area contributed by atoms with Gasteiger partial charge in [0.25, 0.3) is 15.7 Å². The molecule has 3 rings (SSSR count). The number of anilines is 2. The zero-order valence-electron chi connectivity index (χ0n) is 14.2. The van der Waals surface area contributed by atoms with Crippen LogP contribution in [-0.2, 0) is 10.0 Å². The monoisotopic (exact) mass is 385 g/mol. The molecule has 8 nitrogen and oxygen atoms in total. The zero-order chi connectivity index (χ0) is 19.4. The van der Waals surface area contributed by atoms with Gasteiger partial charge < -0.3 is 4.74 Å². The average Bonchev–Trinajstić information content (AvgIpc) is 2.69. The van der Waals surface area contributed by atoms with Gasteiger partial charge in [0, 0.05) is 18.3 Å². The maximum atomic E-state index is 13.3. The van der Waals surface area contributed by atoms with E-state index in [1.807, 2.05) is 0 Å². The van der Waals surface area contributed by atoms with Gasteiger partial charge in [-0.05, 0) is 48.5 Å². The number of nitro benzene ring substituents is 1. The Kier molecular flexibility index (Phi) is 5.04. The summed E-state index contributed by atoms with van der Waals surface area (Å²) in [5.74, 6) is 0.772. The van der Waals surface area contributed by atoms with E-state index in [1.54, 1.807) is 42.5 Å². The van der Waals surface area contributed by atoms with Gasteiger partial charge in [-0.3, -0.25) is 10.1 Å². The van der Waals surface area contributed by atoms with Crippen LogP contribution in [0.1, 0.15) is 0 Å². The van der Waals surface area contributed by atoms with Gasteiger partial charge in [-0.2, -0.15) is 0 Å². The van der Waals surface area contributed by atoms with Gasteiger partial charge in [-0.25, -0.2) is 17.7 Å². The molecule has 0 spiro atoms. The molecule has 0 amide bonds. The fraction of sp³-hybridized carbons (Fsp3) is 0.0556. The van der Waals surface area contributed by atoms with Crippen LogP contribution in [-0.4, -0.2) is 25.4 Å². The first-order valence-electron chi connectivity index (χ1n) is 7.78. The number of pyridine rings is 1. The summed E-state index contributed by atoms with van der Waals surface area (Å²) in [6.45, 7) is 0. The van der Waals surface area contributed by atoms with E-state index in [4.69, 9.17) is 4.74 Å². The first-order chi connectivity index (χ1) is 12.9. The highest BCUT2D eigenvalue weighted by atomic mass is 32.2. The van der Waals surface area contributed by atoms with E-state index in [0.29, 0.717) is 11.4 Å². The molecular weight excluding hydrogens is 370 g/mol. The minimum Gasteiger partial charge on any atom is -0.497 e. The van der Waals surface area contributed by atoms with Crippen LogP contribution in [0, 0.1) is 10.1 Å². The molecule has 0 aliphatic carbocycles. The second-order valence-electron chi connectivity index (χ2n) is 5.41. The predicted molar refractivity (Wildman–Crippen MR) is 99.7 cm³/mol. The summed E-state index contributed by atoms with van der Waals surface area (Å²) in [4.78, 5) is 14.3. The lowest BCUT2D eigenvalue weighted by molar-refractivity contribution is -0.384. The van der Waals surface area contributed by atoms with Crippen LogP contribution < -0.4 is 9.04 Å². The van der Waals surface area contributed by atoms with Crippen molar-refractivity contribution in [2.75, 3.05) is 11.4 Å². The third kappa shape index (κ3) is 3.72. The van der Waals surface area contributed by atoms with Crippen molar-refractivity contribution in [3.05, 3.63) is 83.0 Å². The molecule has 2 aromatic carbocycles. The molecule has 0 saturated heterocycles. The van der Waals surface area contributed by atoms with E-state index < -0.39 is 14.9 Å². The molecule has 27 heavy (non-hydrogen) atoms. The van der Waals surface area contributed by atoms with Gasteiger partial charge in [-0.15, -0.1) is 0 Å². The lowest BCUT2D eigenvalue weighted by atomic mass is 10.3. The molecule has 9 heteroatoms. The third-order valence-electron chi connectivity index (χ3n) is 3.75. The van der Waals surface area contributed by atoms with E-state index in [0.717, 1.165) is 16.4 Å². The van der Waals surface area contributed by atoms with Crippen molar-refractivity contribution in [2.24, 2.45) is 0 Å². The smallest absolute Gasteiger partial charge is 0.269 e. The summed E-state index contributed by atoms with van der Waals surface area (Å²) in [6, 6.07) is 16.1. The van der Waals surface area contributed by atoms with Crippen LogP contribution in [0.2, 0.25) is 0 Å². The number of ether oxygens (including phenoxy) is 1. The zero-order valence-corrected chi connectivity index (χ0v) is 15.0. The van der Waals surface area contributed by atoms with Crippen LogP contribution in [0.3, 0.4) is 0 Å². The van der Waals surface area contributed by atoms with Gasteiger partial charge in [-0.1, -0.05) is 6.07 Å². The Labute approximate surface area is 155 Å². The standard InChI is InChI=1S/C18H15N3O5S/c1-26-16-9-5-14(6-10-16)20(18-4-2-3-13-19-18)27(24,25)17-11-7-15(8-12-17)21(22)23/h2-13H,1H3. The van der Waals surface area contributed by atoms with Crippen molar-refractivity contribution < 1.29 is 18.1 Å². The summed E-state index contributed by atoms with van der Waals surface area (Å²) in [5.41, 5.74) is 0.163. The minimum atomic E-state index is -4.06. The van der Waals surface area contributed by atoms with Crippen LogP contribution in [0.5, 0.6) is 5.75 Å². The van der Waals surface area contributed by atoms with E-state index >= 15 is 0 Å². The number of hydrogen-bond donors (Lipinski definition) is 0. The lowest BCUT2D eigenvalue weighted by Crippen LogP contribution is -2.27. The summed E-state index contributed by atoms with van der Waals surface area (Å²) >= 11 is 0. The molecular formula is C18H15N3O5S. The van der Waals surface area contributed by atoms with Gasteiger partial charge in [0.05, 0.1) is 22.6 Å². The number of sulfonamides is 1. The second-order valence-corrected chi connectivity index (χ2v) is 7.19. The van der Waals surface area contributed by atoms with Crippen LogP contribution in [0.25, 0.3) is 0 Å². The minimum absolute atomic E-state index is 0.0884. The fourth-order valence-corrected chi connectivity index (χ4v) is 3.88. The molecule has 0 saturated carbocycles. The topological polar surface area (TPSA) is 103 Å². The second kappa shape index (κ2) is 7.42. The number of rotatable bonds is 6. The Hall–Kier alpha value is -3.46. The number of nitrogens with zero attached hydrogens (tertiary/aromatic N) is 3. The first kappa shape index (κ1) is 18.3. The Morgan fingerprint density at radius 3 is 2.19 bits per heavy atom. The maximum absolute atomic E-state index is 13.3. The Morgan fingerprint density at radius 1 is 1.00 bits per heavy atom. The predicted octanol–water partition coefficient (Wildman–Crippen LogP) is 3.53. The average molecular weight is 385 g/mol. The SMILES string of the molecule is COc1ccc(N(c2ccccn2)S(=O)(=O)c2ccc([N+](=O)[O-])cc2)cc1. The van der Waals surface area contributed by atoms with Crippen molar-refractivity contribution in [1.82, 2.24) is 4.98 Å². The normalized spacial score (nSPS) is 11.0. The van der Waals surface area contributed by atoms with Gasteiger partial charge >= 0.3 is 0 Å². The Balaban J connectivity index is 2.12. The molecule has 0 aliphatic heterocycles. The summed E-state index contributed by atoms with van der Waals surface area (Å²) < 4.78 is 32.7. The summed E-state index contributed by atoms with van der Waals surface area (Å²) in [6.07, 6.45) is 1.48. The highest BCUT2D eigenvalue weighted by molar-refractivity contribution is 7.93. The molecule has 1 aromatic heterocycles. The molecule has 3 aromatic rings. The van der Waals surface area contributed by atoms with Crippen LogP contribution >= 0.6 is 0 Å². The summed E-state index contributed by atoms with van der Waals surface area (Å²) in [7, 11) is -2.55. The number of aromatic nitrogens is 1. The largest absolute Gasteiger partial charge is 0.497 e. The van der Waals surface area contributed by atoms with Crippen molar-refractivity contribution in [3.63, 3.8) is 0 Å². The van der Waals surface area contributed by atoms with E-state index in [-0.39, 0.29) is 16.4 Å². The molecule has 0 N–H and O–H groups in total. The highest BCUT2D eigenvalue weighted by Crippen LogP contribution is 2.32. The molecule has 0 fully saturated rings. The molecule has 0 bridgehead atoms. The van der Waals surface area contributed by atoms with Crippen molar-refractivity contribution in [1.29, 1.82) is 0 Å². The quantitative estimate of drug-likeness (QED) is 0.475. The number of methoxy groups -OCH3 is 1. The number of hydrogen-bond acceptors (Lipinski definition) is 6. The van der Waals surface area contributed by atoms with E-state index in [1.165, 1.54) is 25.4 Å². The van der Waals surface area contributed by atoms with Crippen LogP contribution in [0.15, 0.2) is 77.8 Å². The van der Waals surface area contributed by atoms with Crippen molar-refractivity contribution in [3.8, 4) is 5.75 Å². The molecule has 0 radical (unpaired) electrons. The van der Waals surface area contributed by atoms with Crippen molar-refractivity contribution in [2.45, 2.75) is 4.90 Å².